The lowest BCUT2D eigenvalue weighted by Crippen LogP contribution is -2.24. The minimum atomic E-state index is -0.507. The van der Waals surface area contributed by atoms with Gasteiger partial charge in [0, 0.05) is 6.07 Å². The minimum absolute atomic E-state index is 0.0804. The summed E-state index contributed by atoms with van der Waals surface area (Å²) in [6.45, 7) is 1.84. The average molecular weight is 327 g/mol. The number of hydrogen-bond acceptors (Lipinski definition) is 5. The van der Waals surface area contributed by atoms with Crippen molar-refractivity contribution in [3.05, 3.63) is 69.8 Å². The molecule has 1 N–H and O–H groups in total. The summed E-state index contributed by atoms with van der Waals surface area (Å²) in [5.74, 6) is 0.152. The summed E-state index contributed by atoms with van der Waals surface area (Å²) < 4.78 is 5.38. The minimum Gasteiger partial charge on any atom is -0.484 e. The first kappa shape index (κ1) is 17.1. The smallest absolute Gasteiger partial charge is 0.278 e. The third kappa shape index (κ3) is 4.91. The van der Waals surface area contributed by atoms with Gasteiger partial charge in [0.25, 0.3) is 11.6 Å². The summed E-state index contributed by atoms with van der Waals surface area (Å²) in [4.78, 5) is 22.1. The molecule has 0 saturated carbocycles. The quantitative estimate of drug-likeness (QED) is 0.480. The molecule has 2 aromatic rings. The summed E-state index contributed by atoms with van der Waals surface area (Å²) in [5.41, 5.74) is 3.62. The van der Waals surface area contributed by atoms with E-state index in [-0.39, 0.29) is 12.3 Å². The number of carbonyl (C=O) groups excluding carboxylic acids is 1. The van der Waals surface area contributed by atoms with Crippen molar-refractivity contribution in [1.29, 1.82) is 0 Å². The van der Waals surface area contributed by atoms with Crippen molar-refractivity contribution < 1.29 is 14.5 Å². The SMILES string of the molecule is CCc1cccc(OCC(=O)N/N=C/c2ccccc2[N+](=O)[O-])c1. The van der Waals surface area contributed by atoms with E-state index in [4.69, 9.17) is 4.74 Å². The zero-order valence-corrected chi connectivity index (χ0v) is 13.1. The number of nitro benzene ring substituents is 1. The Morgan fingerprint density at radius 3 is 2.83 bits per heavy atom. The fraction of sp³-hybridized carbons (Fsp3) is 0.176. The molecule has 24 heavy (non-hydrogen) atoms. The third-order valence-electron chi connectivity index (χ3n) is 3.20. The number of amides is 1. The number of nitrogens with zero attached hydrogens (tertiary/aromatic N) is 2. The lowest BCUT2D eigenvalue weighted by atomic mass is 10.2. The van der Waals surface area contributed by atoms with Crippen molar-refractivity contribution in [3.8, 4) is 5.75 Å². The van der Waals surface area contributed by atoms with Gasteiger partial charge in [0.2, 0.25) is 0 Å². The van der Waals surface area contributed by atoms with Gasteiger partial charge >= 0.3 is 0 Å². The zero-order valence-electron chi connectivity index (χ0n) is 13.1. The normalized spacial score (nSPS) is 10.5. The Balaban J connectivity index is 1.88. The molecule has 0 bridgehead atoms. The van der Waals surface area contributed by atoms with Gasteiger partial charge in [-0.2, -0.15) is 5.10 Å². The molecule has 0 spiro atoms. The number of ether oxygens (including phenoxy) is 1. The van der Waals surface area contributed by atoms with Crippen LogP contribution < -0.4 is 10.2 Å². The van der Waals surface area contributed by atoms with Crippen LogP contribution >= 0.6 is 0 Å². The number of aryl methyl sites for hydroxylation is 1. The van der Waals surface area contributed by atoms with Gasteiger partial charge in [-0.05, 0) is 30.2 Å². The van der Waals surface area contributed by atoms with Gasteiger partial charge in [0.1, 0.15) is 5.75 Å². The Morgan fingerprint density at radius 1 is 1.29 bits per heavy atom. The molecule has 1 amide bonds. The summed E-state index contributed by atoms with van der Waals surface area (Å²) in [5, 5.41) is 14.6. The topological polar surface area (TPSA) is 93.8 Å². The van der Waals surface area contributed by atoms with E-state index < -0.39 is 10.8 Å². The first-order valence-corrected chi connectivity index (χ1v) is 7.37. The van der Waals surface area contributed by atoms with Crippen LogP contribution in [-0.4, -0.2) is 23.7 Å². The van der Waals surface area contributed by atoms with Crippen molar-refractivity contribution in [2.75, 3.05) is 6.61 Å². The number of nitrogens with one attached hydrogen (secondary N) is 1. The lowest BCUT2D eigenvalue weighted by Gasteiger charge is -2.06. The fourth-order valence-corrected chi connectivity index (χ4v) is 1.97. The van der Waals surface area contributed by atoms with Crippen molar-refractivity contribution >= 4 is 17.8 Å². The van der Waals surface area contributed by atoms with Crippen LogP contribution in [0.4, 0.5) is 5.69 Å². The predicted molar refractivity (Wildman–Crippen MR) is 90.1 cm³/mol. The predicted octanol–water partition coefficient (Wildman–Crippen LogP) is 2.69. The molecule has 0 aliphatic carbocycles. The monoisotopic (exact) mass is 327 g/mol. The number of para-hydroxylation sites is 1. The molecule has 2 rings (SSSR count). The highest BCUT2D eigenvalue weighted by molar-refractivity contribution is 5.86. The molecule has 0 aliphatic heterocycles. The van der Waals surface area contributed by atoms with Crippen molar-refractivity contribution in [3.63, 3.8) is 0 Å². The molecule has 0 unspecified atom stereocenters. The highest BCUT2D eigenvalue weighted by Gasteiger charge is 2.10. The molecule has 0 aliphatic rings. The maximum atomic E-state index is 11.7. The van der Waals surface area contributed by atoms with Gasteiger partial charge in [0.15, 0.2) is 6.61 Å². The van der Waals surface area contributed by atoms with Gasteiger partial charge in [-0.1, -0.05) is 31.2 Å². The molecule has 0 saturated heterocycles. The van der Waals surface area contributed by atoms with Crippen LogP contribution in [0.1, 0.15) is 18.1 Å². The van der Waals surface area contributed by atoms with E-state index in [1.807, 2.05) is 25.1 Å². The number of carbonyl (C=O) groups is 1. The number of nitro groups is 1. The van der Waals surface area contributed by atoms with Crippen LogP contribution in [0.25, 0.3) is 0 Å². The molecule has 2 aromatic carbocycles. The number of rotatable bonds is 7. The molecular formula is C17H17N3O4. The van der Waals surface area contributed by atoms with Crippen LogP contribution in [0.15, 0.2) is 53.6 Å². The standard InChI is InChI=1S/C17H17N3O4/c1-2-13-6-5-8-15(10-13)24-12-17(21)19-18-11-14-7-3-4-9-16(14)20(22)23/h3-11H,2,12H2,1H3,(H,19,21)/b18-11+. The molecular weight excluding hydrogens is 310 g/mol. The Morgan fingerprint density at radius 2 is 2.08 bits per heavy atom. The molecule has 7 heteroatoms. The Bertz CT molecular complexity index is 759. The third-order valence-corrected chi connectivity index (χ3v) is 3.20. The first-order chi connectivity index (χ1) is 11.6. The van der Waals surface area contributed by atoms with Gasteiger partial charge in [-0.15, -0.1) is 0 Å². The van der Waals surface area contributed by atoms with Gasteiger partial charge in [0.05, 0.1) is 16.7 Å². The van der Waals surface area contributed by atoms with Crippen LogP contribution in [0, 0.1) is 10.1 Å². The Labute approximate surface area is 139 Å². The summed E-state index contributed by atoms with van der Waals surface area (Å²) >= 11 is 0. The van der Waals surface area contributed by atoms with Gasteiger partial charge in [-0.3, -0.25) is 14.9 Å². The second-order valence-electron chi connectivity index (χ2n) is 4.90. The second kappa shape index (κ2) is 8.42. The Hall–Kier alpha value is -3.22. The van der Waals surface area contributed by atoms with Crippen LogP contribution in [0.3, 0.4) is 0 Å². The van der Waals surface area contributed by atoms with E-state index in [1.54, 1.807) is 24.3 Å². The van der Waals surface area contributed by atoms with E-state index in [0.29, 0.717) is 11.3 Å². The summed E-state index contributed by atoms with van der Waals surface area (Å²) in [7, 11) is 0. The van der Waals surface area contributed by atoms with E-state index in [9.17, 15) is 14.9 Å². The molecule has 0 fully saturated rings. The maximum Gasteiger partial charge on any atom is 0.278 e. The van der Waals surface area contributed by atoms with Crippen molar-refractivity contribution in [1.82, 2.24) is 5.43 Å². The van der Waals surface area contributed by atoms with Crippen LogP contribution in [0.5, 0.6) is 5.75 Å². The number of hydrazone groups is 1. The van der Waals surface area contributed by atoms with Gasteiger partial charge in [-0.25, -0.2) is 5.43 Å². The van der Waals surface area contributed by atoms with Gasteiger partial charge < -0.3 is 4.74 Å². The summed E-state index contributed by atoms with van der Waals surface area (Å²) in [6.07, 6.45) is 2.11. The zero-order chi connectivity index (χ0) is 17.4. The summed E-state index contributed by atoms with van der Waals surface area (Å²) in [6, 6.07) is 13.6. The highest BCUT2D eigenvalue weighted by Crippen LogP contribution is 2.15. The van der Waals surface area contributed by atoms with E-state index in [1.165, 1.54) is 12.3 Å². The molecule has 0 atom stereocenters. The van der Waals surface area contributed by atoms with Crippen molar-refractivity contribution in [2.45, 2.75) is 13.3 Å². The van der Waals surface area contributed by atoms with E-state index in [0.717, 1.165) is 12.0 Å². The highest BCUT2D eigenvalue weighted by atomic mass is 16.6. The Kier molecular flexibility index (Phi) is 6.01. The largest absolute Gasteiger partial charge is 0.484 e. The first-order valence-electron chi connectivity index (χ1n) is 7.37. The van der Waals surface area contributed by atoms with E-state index >= 15 is 0 Å². The molecule has 0 heterocycles. The van der Waals surface area contributed by atoms with Crippen LogP contribution in [-0.2, 0) is 11.2 Å². The molecule has 0 aromatic heterocycles. The van der Waals surface area contributed by atoms with E-state index in [2.05, 4.69) is 10.5 Å². The molecule has 7 nitrogen and oxygen atoms in total. The van der Waals surface area contributed by atoms with Crippen LogP contribution in [0.2, 0.25) is 0 Å². The van der Waals surface area contributed by atoms with Crippen molar-refractivity contribution in [2.24, 2.45) is 5.10 Å². The molecule has 0 radical (unpaired) electrons. The average Bonchev–Trinajstić information content (AvgIpc) is 2.60. The number of hydrogen-bond donors (Lipinski definition) is 1. The molecule has 124 valence electrons. The fourth-order valence-electron chi connectivity index (χ4n) is 1.97. The second-order valence-corrected chi connectivity index (χ2v) is 4.90. The number of benzene rings is 2. The lowest BCUT2D eigenvalue weighted by molar-refractivity contribution is -0.385. The maximum absolute atomic E-state index is 11.7.